The lowest BCUT2D eigenvalue weighted by atomic mass is 10.4. The molecule has 114 valence electrons. The summed E-state index contributed by atoms with van der Waals surface area (Å²) in [5, 5.41) is 15.0. The molecule has 0 aliphatic rings. The van der Waals surface area contributed by atoms with Crippen LogP contribution >= 0.6 is 0 Å². The van der Waals surface area contributed by atoms with Crippen LogP contribution in [0, 0.1) is 6.92 Å². The van der Waals surface area contributed by atoms with Gasteiger partial charge in [0.15, 0.2) is 5.69 Å². The molecule has 0 saturated heterocycles. The normalized spacial score (nSPS) is 12.3. The van der Waals surface area contributed by atoms with Crippen LogP contribution in [0.25, 0.3) is 0 Å². The van der Waals surface area contributed by atoms with Crippen LogP contribution in [-0.2, 0) is 14.8 Å². The lowest BCUT2D eigenvalue weighted by Crippen LogP contribution is -2.39. The molecule has 2 N–H and O–H groups in total. The van der Waals surface area contributed by atoms with Gasteiger partial charge in [-0.05, 0) is 20.8 Å². The molecule has 20 heavy (non-hydrogen) atoms. The largest absolute Gasteiger partial charge is 0.476 e. The molecule has 0 unspecified atom stereocenters. The lowest BCUT2D eigenvalue weighted by molar-refractivity contribution is 0.0686. The van der Waals surface area contributed by atoms with Crippen LogP contribution in [0.5, 0.6) is 0 Å². The van der Waals surface area contributed by atoms with Gasteiger partial charge in [0, 0.05) is 19.7 Å². The maximum atomic E-state index is 12.6. The Kier molecular flexibility index (Phi) is 5.26. The summed E-state index contributed by atoms with van der Waals surface area (Å²) in [6.07, 6.45) is 0. The van der Waals surface area contributed by atoms with E-state index in [9.17, 15) is 13.2 Å². The van der Waals surface area contributed by atoms with Gasteiger partial charge in [-0.15, -0.1) is 0 Å². The zero-order valence-electron chi connectivity index (χ0n) is 11.9. The number of aromatic nitrogens is 2. The van der Waals surface area contributed by atoms with Crippen molar-refractivity contribution in [2.45, 2.75) is 31.7 Å². The number of H-pyrrole nitrogens is 1. The highest BCUT2D eigenvalue weighted by molar-refractivity contribution is 7.89. The first-order chi connectivity index (χ1) is 9.23. The number of hydrogen-bond donors (Lipinski definition) is 2. The van der Waals surface area contributed by atoms with Gasteiger partial charge in [-0.3, -0.25) is 5.10 Å². The number of carboxylic acid groups (broad SMARTS) is 1. The summed E-state index contributed by atoms with van der Waals surface area (Å²) in [5.41, 5.74) is -0.295. The SMILES string of the molecule is COCCN(C(C)C)S(=O)(=O)c1c(C(=O)O)n[nH]c1C. The topological polar surface area (TPSA) is 113 Å². The zero-order valence-corrected chi connectivity index (χ0v) is 12.7. The van der Waals surface area contributed by atoms with Crippen LogP contribution in [-0.4, -0.2) is 60.3 Å². The molecular weight excluding hydrogens is 286 g/mol. The van der Waals surface area contributed by atoms with Crippen molar-refractivity contribution in [3.8, 4) is 0 Å². The molecule has 1 aromatic rings. The summed E-state index contributed by atoms with van der Waals surface area (Å²) < 4.78 is 31.4. The van der Waals surface area contributed by atoms with E-state index in [2.05, 4.69) is 10.2 Å². The van der Waals surface area contributed by atoms with Crippen LogP contribution in [0.15, 0.2) is 4.90 Å². The molecule has 0 saturated carbocycles. The summed E-state index contributed by atoms with van der Waals surface area (Å²) in [6.45, 7) is 5.25. The molecule has 0 atom stereocenters. The predicted octanol–water partition coefficient (Wildman–Crippen LogP) is 0.462. The third kappa shape index (κ3) is 3.17. The molecule has 0 aliphatic carbocycles. The highest BCUT2D eigenvalue weighted by atomic mass is 32.2. The van der Waals surface area contributed by atoms with E-state index in [-0.39, 0.29) is 29.8 Å². The molecule has 0 bridgehead atoms. The molecule has 0 fully saturated rings. The fourth-order valence-electron chi connectivity index (χ4n) is 1.83. The van der Waals surface area contributed by atoms with Gasteiger partial charge < -0.3 is 9.84 Å². The third-order valence-electron chi connectivity index (χ3n) is 2.75. The molecule has 0 aromatic carbocycles. The Morgan fingerprint density at radius 3 is 2.55 bits per heavy atom. The highest BCUT2D eigenvalue weighted by Crippen LogP contribution is 2.23. The van der Waals surface area contributed by atoms with Gasteiger partial charge in [0.25, 0.3) is 0 Å². The van der Waals surface area contributed by atoms with Crippen molar-refractivity contribution < 1.29 is 23.1 Å². The van der Waals surface area contributed by atoms with Crippen LogP contribution < -0.4 is 0 Å². The molecular formula is C11H19N3O5S. The van der Waals surface area contributed by atoms with Gasteiger partial charge >= 0.3 is 5.97 Å². The Balaban J connectivity index is 3.33. The van der Waals surface area contributed by atoms with Crippen molar-refractivity contribution in [3.63, 3.8) is 0 Å². The number of carbonyl (C=O) groups is 1. The first-order valence-corrected chi connectivity index (χ1v) is 7.46. The second-order valence-corrected chi connectivity index (χ2v) is 6.36. The van der Waals surface area contributed by atoms with Gasteiger partial charge in [-0.1, -0.05) is 0 Å². The maximum absolute atomic E-state index is 12.6. The van der Waals surface area contributed by atoms with Crippen LogP contribution in [0.2, 0.25) is 0 Å². The number of carboxylic acids is 1. The summed E-state index contributed by atoms with van der Waals surface area (Å²) in [5.74, 6) is -1.39. The number of nitrogens with zero attached hydrogens (tertiary/aromatic N) is 2. The molecule has 8 nitrogen and oxygen atoms in total. The molecule has 0 amide bonds. The molecule has 1 heterocycles. The van der Waals surface area contributed by atoms with Crippen molar-refractivity contribution in [2.75, 3.05) is 20.3 Å². The summed E-state index contributed by atoms with van der Waals surface area (Å²) in [6, 6.07) is -0.328. The molecule has 1 rings (SSSR count). The number of aromatic amines is 1. The van der Waals surface area contributed by atoms with E-state index in [0.29, 0.717) is 0 Å². The highest BCUT2D eigenvalue weighted by Gasteiger charge is 2.34. The van der Waals surface area contributed by atoms with Gasteiger partial charge in [0.1, 0.15) is 4.90 Å². The van der Waals surface area contributed by atoms with Gasteiger partial charge in [0.05, 0.1) is 12.3 Å². The van der Waals surface area contributed by atoms with Crippen molar-refractivity contribution in [3.05, 3.63) is 11.4 Å². The summed E-state index contributed by atoms with van der Waals surface area (Å²) >= 11 is 0. The summed E-state index contributed by atoms with van der Waals surface area (Å²) in [4.78, 5) is 10.8. The van der Waals surface area contributed by atoms with Crippen molar-refractivity contribution in [2.24, 2.45) is 0 Å². The number of aryl methyl sites for hydroxylation is 1. The second-order valence-electron chi connectivity index (χ2n) is 4.53. The van der Waals surface area contributed by atoms with Crippen molar-refractivity contribution in [1.82, 2.24) is 14.5 Å². The van der Waals surface area contributed by atoms with E-state index in [1.165, 1.54) is 18.3 Å². The molecule has 0 radical (unpaired) electrons. The number of methoxy groups -OCH3 is 1. The Bertz CT molecular complexity index is 579. The van der Waals surface area contributed by atoms with Crippen molar-refractivity contribution in [1.29, 1.82) is 0 Å². The quantitative estimate of drug-likeness (QED) is 0.757. The smallest absolute Gasteiger partial charge is 0.357 e. The maximum Gasteiger partial charge on any atom is 0.357 e. The Morgan fingerprint density at radius 2 is 2.10 bits per heavy atom. The fourth-order valence-corrected chi connectivity index (χ4v) is 3.75. The fraction of sp³-hybridized carbons (Fsp3) is 0.636. The first-order valence-electron chi connectivity index (χ1n) is 6.02. The van der Waals surface area contributed by atoms with Crippen LogP contribution in [0.3, 0.4) is 0 Å². The Hall–Kier alpha value is -1.45. The minimum Gasteiger partial charge on any atom is -0.476 e. The standard InChI is InChI=1S/C11H19N3O5S/c1-7(2)14(5-6-19-4)20(17,18)10-8(3)12-13-9(10)11(15)16/h7H,5-6H2,1-4H3,(H,12,13)(H,15,16). The van der Waals surface area contributed by atoms with Crippen LogP contribution in [0.4, 0.5) is 0 Å². The predicted molar refractivity (Wildman–Crippen MR) is 71.2 cm³/mol. The number of hydrogen-bond acceptors (Lipinski definition) is 5. The van der Waals surface area contributed by atoms with Gasteiger partial charge in [-0.2, -0.15) is 9.40 Å². The average Bonchev–Trinajstić information content (AvgIpc) is 2.71. The lowest BCUT2D eigenvalue weighted by Gasteiger charge is -2.25. The first kappa shape index (κ1) is 16.6. The number of aromatic carboxylic acids is 1. The monoisotopic (exact) mass is 305 g/mol. The zero-order chi connectivity index (χ0) is 15.5. The van der Waals surface area contributed by atoms with E-state index in [1.807, 2.05) is 0 Å². The Labute approximate surface area is 117 Å². The molecule has 9 heteroatoms. The third-order valence-corrected chi connectivity index (χ3v) is 4.99. The molecule has 1 aromatic heterocycles. The minimum absolute atomic E-state index is 0.139. The molecule has 0 spiro atoms. The summed E-state index contributed by atoms with van der Waals surface area (Å²) in [7, 11) is -2.49. The number of sulfonamides is 1. The number of rotatable bonds is 7. The minimum atomic E-state index is -3.96. The Morgan fingerprint density at radius 1 is 1.50 bits per heavy atom. The average molecular weight is 305 g/mol. The van der Waals surface area contributed by atoms with Gasteiger partial charge in [-0.25, -0.2) is 13.2 Å². The second kappa shape index (κ2) is 6.33. The van der Waals surface area contributed by atoms with Crippen LogP contribution in [0.1, 0.15) is 30.0 Å². The van der Waals surface area contributed by atoms with Crippen molar-refractivity contribution >= 4 is 16.0 Å². The van der Waals surface area contributed by atoms with E-state index in [4.69, 9.17) is 9.84 Å². The van der Waals surface area contributed by atoms with E-state index >= 15 is 0 Å². The van der Waals surface area contributed by atoms with E-state index in [0.717, 1.165) is 0 Å². The van der Waals surface area contributed by atoms with Gasteiger partial charge in [0.2, 0.25) is 10.0 Å². The van der Waals surface area contributed by atoms with E-state index < -0.39 is 21.7 Å². The van der Waals surface area contributed by atoms with E-state index in [1.54, 1.807) is 13.8 Å². The number of ether oxygens (including phenoxy) is 1. The molecule has 0 aliphatic heterocycles. The number of nitrogens with one attached hydrogen (secondary N) is 1.